The van der Waals surface area contributed by atoms with E-state index >= 15 is 0 Å². The van der Waals surface area contributed by atoms with Gasteiger partial charge in [0.05, 0.1) is 12.3 Å². The second kappa shape index (κ2) is 10.5. The van der Waals surface area contributed by atoms with Gasteiger partial charge in [0.2, 0.25) is 5.91 Å². The predicted octanol–water partition coefficient (Wildman–Crippen LogP) is 5.73. The van der Waals surface area contributed by atoms with Crippen LogP contribution in [0.2, 0.25) is 0 Å². The maximum Gasteiger partial charge on any atom is 0.328 e. The minimum Gasteiger partial charge on any atom is -0.464 e. The second-order valence-corrected chi connectivity index (χ2v) is 8.68. The maximum absolute atomic E-state index is 13.8. The molecule has 0 bridgehead atoms. The van der Waals surface area contributed by atoms with E-state index in [9.17, 15) is 9.59 Å². The zero-order valence-corrected chi connectivity index (χ0v) is 20.5. The number of hydrogen-bond acceptors (Lipinski definition) is 5. The zero-order valence-electron chi connectivity index (χ0n) is 20.5. The van der Waals surface area contributed by atoms with Gasteiger partial charge in [-0.2, -0.15) is 0 Å². The van der Waals surface area contributed by atoms with Gasteiger partial charge in [-0.3, -0.25) is 14.7 Å². The molecule has 7 nitrogen and oxygen atoms in total. The number of ether oxygens (including phenoxy) is 1. The quantitative estimate of drug-likeness (QED) is 0.239. The molecule has 3 aromatic rings. The molecule has 3 aromatic carbocycles. The van der Waals surface area contributed by atoms with Gasteiger partial charge in [0.25, 0.3) is 0 Å². The summed E-state index contributed by atoms with van der Waals surface area (Å²) in [4.78, 5) is 28.1. The van der Waals surface area contributed by atoms with Crippen molar-refractivity contribution >= 4 is 23.3 Å². The van der Waals surface area contributed by atoms with Crippen LogP contribution in [0.25, 0.3) is 11.1 Å². The van der Waals surface area contributed by atoms with Crippen molar-refractivity contribution in [3.8, 4) is 11.1 Å². The summed E-state index contributed by atoms with van der Waals surface area (Å²) in [6.45, 7) is 3.71. The standard InChI is InChI=1S/C28H30N4O3/c1-5-35-28(34)19(2)32(21-16-14-20(15-17-21)29-30-31(3)4)27(33)18-26-24-12-8-6-10-22(24)23-11-7-9-13-25(23)26/h6-17,19,26H,5,18H2,1-4H3. The number of hydrogen-bond donors (Lipinski definition) is 0. The number of fused-ring (bicyclic) bond motifs is 3. The van der Waals surface area contributed by atoms with Crippen molar-refractivity contribution in [2.75, 3.05) is 25.6 Å². The van der Waals surface area contributed by atoms with Crippen LogP contribution in [0.15, 0.2) is 83.1 Å². The van der Waals surface area contributed by atoms with Crippen LogP contribution in [0.1, 0.15) is 37.3 Å². The average molecular weight is 471 g/mol. The number of anilines is 1. The van der Waals surface area contributed by atoms with Crippen molar-refractivity contribution < 1.29 is 14.3 Å². The molecule has 0 fully saturated rings. The Morgan fingerprint density at radius 1 is 0.914 bits per heavy atom. The molecule has 1 unspecified atom stereocenters. The van der Waals surface area contributed by atoms with E-state index in [0.29, 0.717) is 11.4 Å². The van der Waals surface area contributed by atoms with Crippen LogP contribution >= 0.6 is 0 Å². The summed E-state index contributed by atoms with van der Waals surface area (Å²) in [7, 11) is 3.58. The van der Waals surface area contributed by atoms with Gasteiger partial charge < -0.3 is 4.74 Å². The molecular weight excluding hydrogens is 440 g/mol. The Bertz CT molecular complexity index is 1190. The van der Waals surface area contributed by atoms with Crippen LogP contribution in [-0.4, -0.2) is 43.6 Å². The number of benzene rings is 3. The van der Waals surface area contributed by atoms with Crippen LogP contribution in [0.3, 0.4) is 0 Å². The highest BCUT2D eigenvalue weighted by molar-refractivity contribution is 6.00. The van der Waals surface area contributed by atoms with Gasteiger partial charge in [0, 0.05) is 32.1 Å². The highest BCUT2D eigenvalue weighted by Gasteiger charge is 2.34. The molecule has 1 aliphatic carbocycles. The molecular formula is C28H30N4O3. The minimum absolute atomic E-state index is 0.0834. The lowest BCUT2D eigenvalue weighted by atomic mass is 9.92. The average Bonchev–Trinajstić information content (AvgIpc) is 3.17. The zero-order chi connectivity index (χ0) is 24.9. The molecule has 0 aliphatic heterocycles. The van der Waals surface area contributed by atoms with Crippen molar-refractivity contribution in [2.24, 2.45) is 10.3 Å². The van der Waals surface area contributed by atoms with Crippen molar-refractivity contribution in [3.63, 3.8) is 0 Å². The van der Waals surface area contributed by atoms with E-state index in [1.807, 2.05) is 24.3 Å². The minimum atomic E-state index is -0.774. The molecule has 0 saturated heterocycles. The highest BCUT2D eigenvalue weighted by Crippen LogP contribution is 2.46. The van der Waals surface area contributed by atoms with Gasteiger partial charge in [0.15, 0.2) is 0 Å². The summed E-state index contributed by atoms with van der Waals surface area (Å²) in [5.74, 6) is -0.672. The first-order valence-corrected chi connectivity index (χ1v) is 11.8. The van der Waals surface area contributed by atoms with Gasteiger partial charge >= 0.3 is 5.97 Å². The van der Waals surface area contributed by atoms with Crippen LogP contribution in [0, 0.1) is 0 Å². The number of carbonyl (C=O) groups excluding carboxylic acids is 2. The number of carbonyl (C=O) groups is 2. The SMILES string of the molecule is CCOC(=O)C(C)N(C(=O)CC1c2ccccc2-c2ccccc21)c1ccc(N=NN(C)C)cc1. The third-order valence-electron chi connectivity index (χ3n) is 6.09. The van der Waals surface area contributed by atoms with E-state index in [4.69, 9.17) is 4.74 Å². The van der Waals surface area contributed by atoms with Gasteiger partial charge in [-0.1, -0.05) is 53.8 Å². The third-order valence-corrected chi connectivity index (χ3v) is 6.09. The third kappa shape index (κ3) is 5.09. The topological polar surface area (TPSA) is 74.6 Å². The summed E-state index contributed by atoms with van der Waals surface area (Å²) in [6, 6.07) is 22.7. The summed E-state index contributed by atoms with van der Waals surface area (Å²) < 4.78 is 5.26. The smallest absolute Gasteiger partial charge is 0.328 e. The fourth-order valence-corrected chi connectivity index (χ4v) is 4.53. The number of nitrogens with zero attached hydrogens (tertiary/aromatic N) is 4. The first kappa shape index (κ1) is 24.1. The largest absolute Gasteiger partial charge is 0.464 e. The van der Waals surface area contributed by atoms with Gasteiger partial charge in [-0.05, 0) is 60.4 Å². The Morgan fingerprint density at radius 2 is 1.49 bits per heavy atom. The van der Waals surface area contributed by atoms with Crippen LogP contribution in [0.5, 0.6) is 0 Å². The molecule has 0 saturated carbocycles. The summed E-state index contributed by atoms with van der Waals surface area (Å²) in [5, 5.41) is 9.76. The van der Waals surface area contributed by atoms with Crippen molar-refractivity contribution in [3.05, 3.63) is 83.9 Å². The number of amides is 1. The van der Waals surface area contributed by atoms with Crippen LogP contribution < -0.4 is 4.90 Å². The van der Waals surface area contributed by atoms with Gasteiger partial charge in [-0.25, -0.2) is 4.79 Å². The molecule has 4 rings (SSSR count). The summed E-state index contributed by atoms with van der Waals surface area (Å²) in [5.41, 5.74) is 5.83. The first-order valence-electron chi connectivity index (χ1n) is 11.8. The Kier molecular flexibility index (Phi) is 7.25. The van der Waals surface area contributed by atoms with E-state index in [2.05, 4.69) is 34.6 Å². The van der Waals surface area contributed by atoms with Crippen molar-refractivity contribution in [2.45, 2.75) is 32.2 Å². The van der Waals surface area contributed by atoms with Crippen LogP contribution in [-0.2, 0) is 14.3 Å². The molecule has 0 aromatic heterocycles. The predicted molar refractivity (Wildman–Crippen MR) is 137 cm³/mol. The normalized spacial score (nSPS) is 13.3. The molecule has 1 atom stereocenters. The summed E-state index contributed by atoms with van der Waals surface area (Å²) in [6.07, 6.45) is 0.236. The van der Waals surface area contributed by atoms with Crippen LogP contribution in [0.4, 0.5) is 11.4 Å². The fourth-order valence-electron chi connectivity index (χ4n) is 4.53. The van der Waals surface area contributed by atoms with E-state index in [-0.39, 0.29) is 24.9 Å². The fraction of sp³-hybridized carbons (Fsp3) is 0.286. The monoisotopic (exact) mass is 470 g/mol. The van der Waals surface area contributed by atoms with Crippen molar-refractivity contribution in [1.82, 2.24) is 5.01 Å². The molecule has 1 aliphatic rings. The maximum atomic E-state index is 13.8. The van der Waals surface area contributed by atoms with E-state index in [0.717, 1.165) is 22.3 Å². The highest BCUT2D eigenvalue weighted by atomic mass is 16.5. The van der Waals surface area contributed by atoms with Crippen molar-refractivity contribution in [1.29, 1.82) is 0 Å². The lowest BCUT2D eigenvalue weighted by molar-refractivity contribution is -0.145. The molecule has 0 N–H and O–H groups in total. The lowest BCUT2D eigenvalue weighted by Crippen LogP contribution is -2.44. The van der Waals surface area contributed by atoms with Gasteiger partial charge in [-0.15, -0.1) is 5.11 Å². The molecule has 7 heteroatoms. The molecule has 0 radical (unpaired) electrons. The first-order chi connectivity index (χ1) is 16.9. The Labute approximate surface area is 206 Å². The van der Waals surface area contributed by atoms with E-state index in [1.54, 1.807) is 57.2 Å². The van der Waals surface area contributed by atoms with E-state index < -0.39 is 12.0 Å². The molecule has 0 heterocycles. The number of rotatable bonds is 8. The number of esters is 1. The molecule has 35 heavy (non-hydrogen) atoms. The molecule has 180 valence electrons. The molecule has 0 spiro atoms. The van der Waals surface area contributed by atoms with Gasteiger partial charge in [0.1, 0.15) is 6.04 Å². The summed E-state index contributed by atoms with van der Waals surface area (Å²) >= 11 is 0. The lowest BCUT2D eigenvalue weighted by Gasteiger charge is -2.29. The molecule has 1 amide bonds. The van der Waals surface area contributed by atoms with E-state index in [1.165, 1.54) is 4.90 Å². The Hall–Kier alpha value is -4.00. The Balaban J connectivity index is 1.66. The second-order valence-electron chi connectivity index (χ2n) is 8.68. The Morgan fingerprint density at radius 3 is 2.03 bits per heavy atom.